The third-order valence-corrected chi connectivity index (χ3v) is 10.3. The molecule has 1 aliphatic rings. The number of rotatable bonds is 14. The van der Waals surface area contributed by atoms with Crippen LogP contribution in [0.15, 0.2) is 85.1 Å². The summed E-state index contributed by atoms with van der Waals surface area (Å²) in [6, 6.07) is 23.0. The molecule has 308 valence electrons. The van der Waals surface area contributed by atoms with Crippen molar-refractivity contribution in [1.29, 1.82) is 0 Å². The number of nitrogens with one attached hydrogen (secondary N) is 4. The molecule has 0 atom stereocenters. The third-order valence-electron chi connectivity index (χ3n) is 9.70. The lowest BCUT2D eigenvalue weighted by atomic mass is 9.86. The maximum absolute atomic E-state index is 13.5. The van der Waals surface area contributed by atoms with Gasteiger partial charge in [0.25, 0.3) is 5.91 Å². The molecule has 4 aromatic carbocycles. The van der Waals surface area contributed by atoms with E-state index in [1.807, 2.05) is 63.2 Å². The second-order valence-corrected chi connectivity index (χ2v) is 17.1. The highest BCUT2D eigenvalue weighted by Crippen LogP contribution is 2.40. The van der Waals surface area contributed by atoms with Crippen molar-refractivity contribution in [2.45, 2.75) is 39.0 Å². The minimum atomic E-state index is -3.64. The van der Waals surface area contributed by atoms with E-state index in [1.165, 1.54) is 7.11 Å². The molecule has 3 amide bonds. The molecule has 1 aromatic heterocycles. The summed E-state index contributed by atoms with van der Waals surface area (Å²) in [5, 5.41) is 10.3. The number of morpholine rings is 1. The number of amides is 3. The van der Waals surface area contributed by atoms with Crippen molar-refractivity contribution in [3.05, 3.63) is 113 Å². The van der Waals surface area contributed by atoms with Gasteiger partial charge in [-0.05, 0) is 78.0 Å². The number of sulfonamides is 1. The van der Waals surface area contributed by atoms with Crippen molar-refractivity contribution in [3.8, 4) is 29.6 Å². The minimum absolute atomic E-state index is 0.171. The van der Waals surface area contributed by atoms with E-state index in [4.69, 9.17) is 20.6 Å². The number of pyridine rings is 1. The fourth-order valence-corrected chi connectivity index (χ4v) is 7.34. The molecule has 2 heterocycles. The van der Waals surface area contributed by atoms with Crippen LogP contribution in [0.25, 0.3) is 10.8 Å². The van der Waals surface area contributed by atoms with Crippen LogP contribution in [-0.2, 0) is 26.6 Å². The topological polar surface area (TPSA) is 160 Å². The molecule has 13 nitrogen and oxygen atoms in total. The summed E-state index contributed by atoms with van der Waals surface area (Å²) in [5.41, 5.74) is 4.10. The first-order chi connectivity index (χ1) is 28.2. The van der Waals surface area contributed by atoms with Crippen molar-refractivity contribution in [2.75, 3.05) is 68.1 Å². The monoisotopic (exact) mass is 818 g/mol. The second-order valence-electron chi connectivity index (χ2n) is 15.4. The van der Waals surface area contributed by atoms with Gasteiger partial charge < -0.3 is 30.2 Å². The van der Waals surface area contributed by atoms with Crippen molar-refractivity contribution >= 4 is 49.8 Å². The average molecular weight is 819 g/mol. The quantitative estimate of drug-likeness (QED) is 0.0663. The molecule has 0 saturated carbocycles. The van der Waals surface area contributed by atoms with Gasteiger partial charge in [-0.3, -0.25) is 19.4 Å². The number of aromatic nitrogens is 1. The van der Waals surface area contributed by atoms with Gasteiger partial charge in [0.15, 0.2) is 5.75 Å². The number of ether oxygens (including phenoxy) is 3. The van der Waals surface area contributed by atoms with E-state index >= 15 is 0 Å². The second kappa shape index (κ2) is 18.6. The third kappa shape index (κ3) is 11.5. The lowest BCUT2D eigenvalue weighted by molar-refractivity contribution is 0.0374. The Hall–Kier alpha value is -6.14. The van der Waals surface area contributed by atoms with E-state index in [2.05, 4.69) is 36.5 Å². The van der Waals surface area contributed by atoms with Crippen LogP contribution in [0.1, 0.15) is 59.9 Å². The van der Waals surface area contributed by atoms with E-state index in [1.54, 1.807) is 42.6 Å². The van der Waals surface area contributed by atoms with E-state index in [0.717, 1.165) is 67.4 Å². The molecule has 1 aliphatic heterocycles. The summed E-state index contributed by atoms with van der Waals surface area (Å²) in [6.45, 7) is 10.7. The number of hydrogen-bond acceptors (Lipinski definition) is 9. The molecule has 1 fully saturated rings. The zero-order chi connectivity index (χ0) is 42.2. The molecule has 0 radical (unpaired) electrons. The Kier molecular flexibility index (Phi) is 13.4. The summed E-state index contributed by atoms with van der Waals surface area (Å²) < 4.78 is 44.3. The summed E-state index contributed by atoms with van der Waals surface area (Å²) >= 11 is 0. The molecule has 5 aromatic rings. The van der Waals surface area contributed by atoms with E-state index in [-0.39, 0.29) is 22.8 Å². The molecule has 0 bridgehead atoms. The Morgan fingerprint density at radius 3 is 2.37 bits per heavy atom. The number of anilines is 3. The summed E-state index contributed by atoms with van der Waals surface area (Å²) in [5.74, 6) is 3.77. The highest BCUT2D eigenvalue weighted by atomic mass is 32.2. The largest absolute Gasteiger partial charge is 0.492 e. The number of methoxy groups -OCH3 is 1. The van der Waals surface area contributed by atoms with Gasteiger partial charge in [0, 0.05) is 65.9 Å². The van der Waals surface area contributed by atoms with Crippen LogP contribution in [0, 0.1) is 12.3 Å². The first kappa shape index (κ1) is 42.5. The lowest BCUT2D eigenvalue weighted by Gasteiger charge is -2.26. The number of carbonyl (C=O) groups is 2. The first-order valence-corrected chi connectivity index (χ1v) is 21.2. The van der Waals surface area contributed by atoms with E-state index < -0.39 is 16.1 Å². The number of carbonyl (C=O) groups excluding carboxylic acids is 2. The predicted molar refractivity (Wildman–Crippen MR) is 232 cm³/mol. The molecule has 14 heteroatoms. The van der Waals surface area contributed by atoms with Crippen molar-refractivity contribution in [2.24, 2.45) is 0 Å². The van der Waals surface area contributed by atoms with Gasteiger partial charge in [0.1, 0.15) is 11.5 Å². The van der Waals surface area contributed by atoms with Crippen LogP contribution in [0.4, 0.5) is 21.9 Å². The Bertz CT molecular complexity index is 2490. The van der Waals surface area contributed by atoms with Crippen molar-refractivity contribution in [1.82, 2.24) is 15.2 Å². The van der Waals surface area contributed by atoms with E-state index in [0.29, 0.717) is 52.7 Å². The number of urea groups is 1. The fraction of sp³-hybridized carbons (Fsp3) is 0.311. The highest BCUT2D eigenvalue weighted by molar-refractivity contribution is 7.92. The van der Waals surface area contributed by atoms with Gasteiger partial charge in [-0.15, -0.1) is 6.42 Å². The van der Waals surface area contributed by atoms with Crippen LogP contribution in [0.2, 0.25) is 0 Å². The standard InChI is InChI=1S/C45H50N6O7S/c1-7-30-23-31(25-32(24-30)43(52)47-16-10-18-51-19-21-57-22-20-51)26-34-29-35(15-17-46-34)58-41-14-13-38(36-11-8-9-12-37(36)41)48-44(53)49-39-27-33(45(2,3)4)28-40(42(39)56-5)50-59(6,54)55/h1,8-9,11-15,17,23-25,27-29,50H,10,16,18-22,26H2,2-6H3,(H,47,52)(H2,48,49,53). The minimum Gasteiger partial charge on any atom is -0.492 e. The molecule has 1 saturated heterocycles. The number of hydrogen-bond donors (Lipinski definition) is 4. The zero-order valence-electron chi connectivity index (χ0n) is 34.0. The first-order valence-electron chi connectivity index (χ1n) is 19.3. The van der Waals surface area contributed by atoms with Gasteiger partial charge in [-0.2, -0.15) is 0 Å². The summed E-state index contributed by atoms with van der Waals surface area (Å²) in [4.78, 5) is 33.6. The van der Waals surface area contributed by atoms with Gasteiger partial charge in [-0.1, -0.05) is 51.0 Å². The number of nitrogens with zero attached hydrogens (tertiary/aromatic N) is 2. The van der Waals surface area contributed by atoms with Gasteiger partial charge in [0.2, 0.25) is 10.0 Å². The normalized spacial score (nSPS) is 13.3. The van der Waals surface area contributed by atoms with Crippen molar-refractivity contribution in [3.63, 3.8) is 0 Å². The maximum atomic E-state index is 13.5. The molecule has 4 N–H and O–H groups in total. The smallest absolute Gasteiger partial charge is 0.323 e. The summed E-state index contributed by atoms with van der Waals surface area (Å²) in [7, 11) is -2.24. The molecular weight excluding hydrogens is 769 g/mol. The Labute approximate surface area is 345 Å². The lowest BCUT2D eigenvalue weighted by Crippen LogP contribution is -2.38. The fourth-order valence-electron chi connectivity index (χ4n) is 6.79. The average Bonchev–Trinajstić information content (AvgIpc) is 3.19. The van der Waals surface area contributed by atoms with Gasteiger partial charge in [-0.25, -0.2) is 13.2 Å². The van der Waals surface area contributed by atoms with Crippen LogP contribution >= 0.6 is 0 Å². The van der Waals surface area contributed by atoms with E-state index in [9.17, 15) is 18.0 Å². The maximum Gasteiger partial charge on any atom is 0.323 e. The molecule has 0 aliphatic carbocycles. The molecule has 0 unspecified atom stereocenters. The van der Waals surface area contributed by atoms with Crippen molar-refractivity contribution < 1.29 is 32.2 Å². The van der Waals surface area contributed by atoms with Gasteiger partial charge >= 0.3 is 6.03 Å². The van der Waals surface area contributed by atoms with Crippen LogP contribution in [0.3, 0.4) is 0 Å². The highest BCUT2D eigenvalue weighted by Gasteiger charge is 2.23. The number of fused-ring (bicyclic) bond motifs is 1. The Morgan fingerprint density at radius 1 is 0.932 bits per heavy atom. The van der Waals surface area contributed by atoms with Gasteiger partial charge in [0.05, 0.1) is 43.6 Å². The molecular formula is C45H50N6O7S. The van der Waals surface area contributed by atoms with Crippen LogP contribution in [-0.4, -0.2) is 83.0 Å². The molecule has 0 spiro atoms. The Morgan fingerprint density at radius 2 is 1.66 bits per heavy atom. The number of terminal acetylenes is 1. The predicted octanol–water partition coefficient (Wildman–Crippen LogP) is 7.37. The molecule has 6 rings (SSSR count). The van der Waals surface area contributed by atoms with Crippen LogP contribution < -0.4 is 30.1 Å². The van der Waals surface area contributed by atoms with Crippen LogP contribution in [0.5, 0.6) is 17.2 Å². The summed E-state index contributed by atoms with van der Waals surface area (Å²) in [6.07, 6.45) is 9.76. The Balaban J connectivity index is 1.16. The number of benzene rings is 4. The zero-order valence-corrected chi connectivity index (χ0v) is 34.8. The molecule has 59 heavy (non-hydrogen) atoms. The SMILES string of the molecule is C#Cc1cc(Cc2cc(Oc3ccc(NC(=O)Nc4cc(C(C)(C)C)cc(NS(C)(=O)=O)c4OC)c4ccccc34)ccn2)cc(C(=O)NCCCN2CCOCC2)c1.